The third-order valence-corrected chi connectivity index (χ3v) is 3.91. The van der Waals surface area contributed by atoms with E-state index in [0.29, 0.717) is 17.9 Å². The van der Waals surface area contributed by atoms with Crippen molar-refractivity contribution in [3.63, 3.8) is 0 Å². The van der Waals surface area contributed by atoms with Gasteiger partial charge in [-0.25, -0.2) is 0 Å². The van der Waals surface area contributed by atoms with Gasteiger partial charge < -0.3 is 10.6 Å². The first-order chi connectivity index (χ1) is 13.1. The Morgan fingerprint density at radius 2 is 2.04 bits per heavy atom. The lowest BCUT2D eigenvalue weighted by atomic mass is 10.1. The summed E-state index contributed by atoms with van der Waals surface area (Å²) in [5.41, 5.74) is 3.22. The van der Waals surface area contributed by atoms with Crippen LogP contribution in [0.4, 0.5) is 5.69 Å². The van der Waals surface area contributed by atoms with Crippen molar-refractivity contribution in [1.82, 2.24) is 20.1 Å². The molecule has 7 nitrogen and oxygen atoms in total. The molecule has 0 radical (unpaired) electrons. The van der Waals surface area contributed by atoms with E-state index in [1.165, 1.54) is 22.0 Å². The van der Waals surface area contributed by atoms with Gasteiger partial charge in [0.1, 0.15) is 12.2 Å². The Labute approximate surface area is 157 Å². The van der Waals surface area contributed by atoms with Crippen molar-refractivity contribution in [3.8, 4) is 0 Å². The van der Waals surface area contributed by atoms with Gasteiger partial charge in [-0.15, -0.1) is 0 Å². The lowest BCUT2D eigenvalue weighted by Crippen LogP contribution is -2.29. The maximum Gasteiger partial charge on any atom is 0.274 e. The van der Waals surface area contributed by atoms with E-state index < -0.39 is 0 Å². The number of carbonyl (C=O) groups is 2. The molecule has 3 rings (SSSR count). The zero-order chi connectivity index (χ0) is 19.1. The number of rotatable bonds is 7. The number of aromatic nitrogens is 3. The number of pyridine rings is 1. The number of nitrogens with zero attached hydrogens (tertiary/aromatic N) is 3. The topological polar surface area (TPSA) is 88.9 Å². The zero-order valence-corrected chi connectivity index (χ0v) is 15.1. The van der Waals surface area contributed by atoms with Gasteiger partial charge in [0, 0.05) is 18.9 Å². The number of nitrogens with one attached hydrogen (secondary N) is 2. The molecule has 138 valence electrons. The monoisotopic (exact) mass is 363 g/mol. The van der Waals surface area contributed by atoms with E-state index in [9.17, 15) is 9.59 Å². The summed E-state index contributed by atoms with van der Waals surface area (Å²) < 4.78 is 1.48. The molecule has 27 heavy (non-hydrogen) atoms. The second-order valence-corrected chi connectivity index (χ2v) is 6.18. The number of carbonyl (C=O) groups excluding carboxylic acids is 2. The summed E-state index contributed by atoms with van der Waals surface area (Å²) >= 11 is 0. The normalized spacial score (nSPS) is 10.4. The maximum atomic E-state index is 12.1. The Kier molecular flexibility index (Phi) is 5.94. The fourth-order valence-electron chi connectivity index (χ4n) is 2.62. The quantitative estimate of drug-likeness (QED) is 0.673. The van der Waals surface area contributed by atoms with E-state index in [4.69, 9.17) is 0 Å². The van der Waals surface area contributed by atoms with Crippen molar-refractivity contribution >= 4 is 17.5 Å². The predicted octanol–water partition coefficient (Wildman–Crippen LogP) is 2.20. The number of amides is 2. The molecule has 0 saturated heterocycles. The second kappa shape index (κ2) is 8.75. The number of hydrogen-bond donors (Lipinski definition) is 2. The van der Waals surface area contributed by atoms with Crippen LogP contribution in [-0.2, 0) is 17.8 Å². The molecular formula is C20H21N5O2. The Hall–Kier alpha value is -3.48. The van der Waals surface area contributed by atoms with Gasteiger partial charge in [-0.2, -0.15) is 5.10 Å². The van der Waals surface area contributed by atoms with Gasteiger partial charge in [-0.1, -0.05) is 35.9 Å². The van der Waals surface area contributed by atoms with E-state index in [1.54, 1.807) is 30.6 Å². The highest BCUT2D eigenvalue weighted by Crippen LogP contribution is 2.07. The molecule has 7 heteroatoms. The summed E-state index contributed by atoms with van der Waals surface area (Å²) in [5.74, 6) is -0.453. The molecule has 0 unspecified atom stereocenters. The zero-order valence-electron chi connectivity index (χ0n) is 15.1. The van der Waals surface area contributed by atoms with Crippen molar-refractivity contribution < 1.29 is 9.59 Å². The minimum absolute atomic E-state index is 0.0906. The van der Waals surface area contributed by atoms with E-state index >= 15 is 0 Å². The van der Waals surface area contributed by atoms with Crippen LogP contribution in [0.15, 0.2) is 61.1 Å². The molecule has 2 aromatic heterocycles. The van der Waals surface area contributed by atoms with Gasteiger partial charge in [0.25, 0.3) is 5.91 Å². The third kappa shape index (κ3) is 5.50. The molecule has 0 aliphatic carbocycles. The fraction of sp³-hybridized carbons (Fsp3) is 0.200. The highest BCUT2D eigenvalue weighted by atomic mass is 16.2. The van der Waals surface area contributed by atoms with Gasteiger partial charge >= 0.3 is 0 Å². The number of aryl methyl sites for hydroxylation is 1. The van der Waals surface area contributed by atoms with Crippen molar-refractivity contribution in [1.29, 1.82) is 0 Å². The summed E-state index contributed by atoms with van der Waals surface area (Å²) in [6, 6.07) is 13.3. The largest absolute Gasteiger partial charge is 0.354 e. The first-order valence-electron chi connectivity index (χ1n) is 8.67. The van der Waals surface area contributed by atoms with Crippen LogP contribution in [-0.4, -0.2) is 33.1 Å². The van der Waals surface area contributed by atoms with Crippen molar-refractivity contribution in [2.24, 2.45) is 0 Å². The van der Waals surface area contributed by atoms with Crippen LogP contribution >= 0.6 is 0 Å². The molecule has 2 heterocycles. The van der Waals surface area contributed by atoms with Crippen LogP contribution in [0.1, 0.15) is 21.6 Å². The SMILES string of the molecule is Cc1cccc(CCNC(=O)Cn2cc(NC(=O)c3ccccn3)cn2)c1. The molecule has 3 aromatic rings. The minimum atomic E-state index is -0.322. The average molecular weight is 363 g/mol. The lowest BCUT2D eigenvalue weighted by molar-refractivity contribution is -0.121. The van der Waals surface area contributed by atoms with E-state index in [2.05, 4.69) is 26.8 Å². The third-order valence-electron chi connectivity index (χ3n) is 3.91. The number of hydrogen-bond acceptors (Lipinski definition) is 4. The van der Waals surface area contributed by atoms with Crippen LogP contribution in [0, 0.1) is 6.92 Å². The Bertz CT molecular complexity index is 921. The predicted molar refractivity (Wildman–Crippen MR) is 102 cm³/mol. The molecule has 0 saturated carbocycles. The lowest BCUT2D eigenvalue weighted by Gasteiger charge is -2.06. The maximum absolute atomic E-state index is 12.1. The van der Waals surface area contributed by atoms with E-state index in [1.807, 2.05) is 25.1 Å². The van der Waals surface area contributed by atoms with Crippen LogP contribution in [0.2, 0.25) is 0 Å². The molecule has 0 aliphatic rings. The van der Waals surface area contributed by atoms with E-state index in [0.717, 1.165) is 6.42 Å². The molecule has 0 bridgehead atoms. The molecule has 0 atom stereocenters. The van der Waals surface area contributed by atoms with Gasteiger partial charge in [0.15, 0.2) is 0 Å². The highest BCUT2D eigenvalue weighted by Gasteiger charge is 2.09. The Morgan fingerprint density at radius 1 is 1.15 bits per heavy atom. The van der Waals surface area contributed by atoms with Crippen LogP contribution in [0.5, 0.6) is 0 Å². The van der Waals surface area contributed by atoms with Crippen molar-refractivity contribution in [3.05, 3.63) is 77.9 Å². The molecule has 0 aliphatic heterocycles. The van der Waals surface area contributed by atoms with Crippen molar-refractivity contribution in [2.45, 2.75) is 19.9 Å². The summed E-state index contributed by atoms with van der Waals surface area (Å²) in [6.07, 6.45) is 5.44. The molecule has 2 N–H and O–H groups in total. The summed E-state index contributed by atoms with van der Waals surface area (Å²) in [7, 11) is 0. The van der Waals surface area contributed by atoms with Crippen LogP contribution in [0.25, 0.3) is 0 Å². The Morgan fingerprint density at radius 3 is 2.81 bits per heavy atom. The summed E-state index contributed by atoms with van der Waals surface area (Å²) in [5, 5.41) is 9.68. The minimum Gasteiger partial charge on any atom is -0.354 e. The molecule has 1 aromatic carbocycles. The summed E-state index contributed by atoms with van der Waals surface area (Å²) in [4.78, 5) is 28.1. The number of benzene rings is 1. The van der Waals surface area contributed by atoms with E-state index in [-0.39, 0.29) is 18.4 Å². The van der Waals surface area contributed by atoms with Gasteiger partial charge in [0.05, 0.1) is 11.9 Å². The molecular weight excluding hydrogens is 342 g/mol. The molecule has 0 fully saturated rings. The highest BCUT2D eigenvalue weighted by molar-refractivity contribution is 6.02. The van der Waals surface area contributed by atoms with Gasteiger partial charge in [-0.05, 0) is 31.0 Å². The fourth-order valence-corrected chi connectivity index (χ4v) is 2.62. The Balaban J connectivity index is 1.45. The second-order valence-electron chi connectivity index (χ2n) is 6.18. The van der Waals surface area contributed by atoms with Crippen LogP contribution in [0.3, 0.4) is 0 Å². The smallest absolute Gasteiger partial charge is 0.274 e. The van der Waals surface area contributed by atoms with Gasteiger partial charge in [0.2, 0.25) is 5.91 Å². The molecule has 0 spiro atoms. The first kappa shape index (κ1) is 18.3. The first-order valence-corrected chi connectivity index (χ1v) is 8.67. The summed E-state index contributed by atoms with van der Waals surface area (Å²) in [6.45, 7) is 2.70. The average Bonchev–Trinajstić information content (AvgIpc) is 3.09. The molecule has 2 amide bonds. The van der Waals surface area contributed by atoms with Gasteiger partial charge in [-0.3, -0.25) is 19.3 Å². The van der Waals surface area contributed by atoms with Crippen LogP contribution < -0.4 is 10.6 Å². The van der Waals surface area contributed by atoms with Crippen molar-refractivity contribution in [2.75, 3.05) is 11.9 Å². The standard InChI is InChI=1S/C20H21N5O2/c1-15-5-4-6-16(11-15)8-10-22-19(26)14-25-13-17(12-23-25)24-20(27)18-7-2-3-9-21-18/h2-7,9,11-13H,8,10,14H2,1H3,(H,22,26)(H,24,27). The number of anilines is 1.